The molecule has 3 nitrogen and oxygen atoms in total. The third kappa shape index (κ3) is 3.27. The van der Waals surface area contributed by atoms with E-state index in [0.717, 1.165) is 17.1 Å². The van der Waals surface area contributed by atoms with E-state index < -0.39 is 0 Å². The van der Waals surface area contributed by atoms with Crippen LogP contribution in [0.3, 0.4) is 0 Å². The van der Waals surface area contributed by atoms with Gasteiger partial charge in [-0.2, -0.15) is 0 Å². The summed E-state index contributed by atoms with van der Waals surface area (Å²) in [4.78, 5) is 9.90. The number of nitrogens with zero attached hydrogens (tertiary/aromatic N) is 2. The van der Waals surface area contributed by atoms with E-state index in [2.05, 4.69) is 33.5 Å². The Morgan fingerprint density at radius 1 is 1.04 bits per heavy atom. The van der Waals surface area contributed by atoms with E-state index in [4.69, 9.17) is 0 Å². The molecule has 3 aromatic rings. The van der Waals surface area contributed by atoms with Gasteiger partial charge in [0.25, 0.3) is 0 Å². The molecular formula is C19H19N3S. The molecule has 4 rings (SSSR count). The molecule has 1 N–H and O–H groups in total. The fourth-order valence-corrected chi connectivity index (χ4v) is 3.89. The lowest BCUT2D eigenvalue weighted by Crippen LogP contribution is -2.04. The zero-order valence-electron chi connectivity index (χ0n) is 13.0. The van der Waals surface area contributed by atoms with Gasteiger partial charge < -0.3 is 5.32 Å². The largest absolute Gasteiger partial charge is 0.380 e. The van der Waals surface area contributed by atoms with E-state index in [0.29, 0.717) is 0 Å². The molecule has 2 aromatic heterocycles. The SMILES string of the molecule is c1cncc(-c2ncc(CNc3ccc4c(c3)CCCC4)s2)c1. The third-order valence-corrected chi connectivity index (χ3v) is 5.32. The maximum Gasteiger partial charge on any atom is 0.125 e. The zero-order valence-corrected chi connectivity index (χ0v) is 13.8. The molecule has 0 spiro atoms. The first-order chi connectivity index (χ1) is 11.4. The summed E-state index contributed by atoms with van der Waals surface area (Å²) >= 11 is 1.72. The number of hydrogen-bond acceptors (Lipinski definition) is 4. The maximum atomic E-state index is 4.51. The smallest absolute Gasteiger partial charge is 0.125 e. The molecular weight excluding hydrogens is 302 g/mol. The number of pyridine rings is 1. The highest BCUT2D eigenvalue weighted by Crippen LogP contribution is 2.27. The Balaban J connectivity index is 1.44. The number of hydrogen-bond donors (Lipinski definition) is 1. The van der Waals surface area contributed by atoms with Crippen LogP contribution in [-0.2, 0) is 19.4 Å². The number of fused-ring (bicyclic) bond motifs is 1. The monoisotopic (exact) mass is 321 g/mol. The molecule has 23 heavy (non-hydrogen) atoms. The van der Waals surface area contributed by atoms with Crippen LogP contribution < -0.4 is 5.32 Å². The van der Waals surface area contributed by atoms with Gasteiger partial charge in [-0.3, -0.25) is 4.98 Å². The molecule has 0 saturated heterocycles. The average molecular weight is 321 g/mol. The second kappa shape index (κ2) is 6.50. The average Bonchev–Trinajstić information content (AvgIpc) is 3.10. The van der Waals surface area contributed by atoms with Crippen LogP contribution in [0.2, 0.25) is 0 Å². The Kier molecular flexibility index (Phi) is 4.07. The Bertz CT molecular complexity index is 795. The number of thiazole rings is 1. The second-order valence-electron chi connectivity index (χ2n) is 5.92. The fourth-order valence-electron chi connectivity index (χ4n) is 3.04. The molecule has 0 fully saturated rings. The van der Waals surface area contributed by atoms with Crippen LogP contribution in [0.15, 0.2) is 48.9 Å². The highest BCUT2D eigenvalue weighted by molar-refractivity contribution is 7.15. The van der Waals surface area contributed by atoms with Crippen molar-refractivity contribution < 1.29 is 0 Å². The lowest BCUT2D eigenvalue weighted by Gasteiger charge is -2.17. The highest BCUT2D eigenvalue weighted by atomic mass is 32.1. The van der Waals surface area contributed by atoms with E-state index in [9.17, 15) is 0 Å². The fraction of sp³-hybridized carbons (Fsp3) is 0.263. The quantitative estimate of drug-likeness (QED) is 0.757. The van der Waals surface area contributed by atoms with E-state index in [1.165, 1.54) is 47.4 Å². The number of aromatic nitrogens is 2. The van der Waals surface area contributed by atoms with Gasteiger partial charge in [0.2, 0.25) is 0 Å². The van der Waals surface area contributed by atoms with Gasteiger partial charge in [0.05, 0.1) is 6.54 Å². The summed E-state index contributed by atoms with van der Waals surface area (Å²) in [5, 5.41) is 4.56. The Morgan fingerprint density at radius 3 is 2.83 bits per heavy atom. The molecule has 4 heteroatoms. The van der Waals surface area contributed by atoms with Crippen molar-refractivity contribution in [1.82, 2.24) is 9.97 Å². The molecule has 116 valence electrons. The molecule has 1 aromatic carbocycles. The lowest BCUT2D eigenvalue weighted by atomic mass is 9.91. The van der Waals surface area contributed by atoms with Gasteiger partial charge in [-0.15, -0.1) is 11.3 Å². The van der Waals surface area contributed by atoms with E-state index in [-0.39, 0.29) is 0 Å². The van der Waals surface area contributed by atoms with Crippen molar-refractivity contribution in [2.45, 2.75) is 32.2 Å². The second-order valence-corrected chi connectivity index (χ2v) is 7.03. The van der Waals surface area contributed by atoms with E-state index >= 15 is 0 Å². The summed E-state index contributed by atoms with van der Waals surface area (Å²) in [7, 11) is 0. The van der Waals surface area contributed by atoms with E-state index in [1.807, 2.05) is 24.5 Å². The molecule has 1 aliphatic rings. The Morgan fingerprint density at radius 2 is 1.96 bits per heavy atom. The van der Waals surface area contributed by atoms with Crippen molar-refractivity contribution in [3.8, 4) is 10.6 Å². The highest BCUT2D eigenvalue weighted by Gasteiger charge is 2.10. The molecule has 0 unspecified atom stereocenters. The number of nitrogens with one attached hydrogen (secondary N) is 1. The van der Waals surface area contributed by atoms with Gasteiger partial charge in [-0.25, -0.2) is 4.98 Å². The molecule has 0 radical (unpaired) electrons. The molecule has 0 bridgehead atoms. The molecule has 1 aliphatic carbocycles. The van der Waals surface area contributed by atoms with Crippen LogP contribution in [0.5, 0.6) is 0 Å². The number of benzene rings is 1. The first-order valence-electron chi connectivity index (χ1n) is 8.09. The minimum atomic E-state index is 0.816. The van der Waals surface area contributed by atoms with Crippen LogP contribution >= 0.6 is 11.3 Å². The predicted molar refractivity (Wildman–Crippen MR) is 95.8 cm³/mol. The van der Waals surface area contributed by atoms with Gasteiger partial charge in [0.15, 0.2) is 0 Å². The van der Waals surface area contributed by atoms with Crippen LogP contribution in [0.25, 0.3) is 10.6 Å². The van der Waals surface area contributed by atoms with Gasteiger partial charge in [0.1, 0.15) is 5.01 Å². The molecule has 0 saturated carbocycles. The van der Waals surface area contributed by atoms with Crippen molar-refractivity contribution in [3.05, 3.63) is 64.9 Å². The van der Waals surface area contributed by atoms with E-state index in [1.54, 1.807) is 17.5 Å². The summed E-state index contributed by atoms with van der Waals surface area (Å²) in [6, 6.07) is 10.8. The van der Waals surface area contributed by atoms with Gasteiger partial charge in [0, 0.05) is 34.7 Å². The molecule has 2 heterocycles. The Labute approximate surface area is 140 Å². The standard InChI is InChI=1S/C19H19N3S/c1-2-5-15-10-17(8-7-14(15)4-1)21-12-18-13-22-19(23-18)16-6-3-9-20-11-16/h3,6-11,13,21H,1-2,4-5,12H2. The first kappa shape index (κ1) is 14.4. The van der Waals surface area contributed by atoms with Crippen molar-refractivity contribution >= 4 is 17.0 Å². The maximum absolute atomic E-state index is 4.51. The summed E-state index contributed by atoms with van der Waals surface area (Å²) in [6.45, 7) is 0.816. The van der Waals surface area contributed by atoms with Crippen molar-refractivity contribution in [2.75, 3.05) is 5.32 Å². The van der Waals surface area contributed by atoms with Crippen LogP contribution in [0.1, 0.15) is 28.8 Å². The topological polar surface area (TPSA) is 37.8 Å². The summed E-state index contributed by atoms with van der Waals surface area (Å²) in [5.74, 6) is 0. The third-order valence-electron chi connectivity index (χ3n) is 4.28. The Hall–Kier alpha value is -2.20. The first-order valence-corrected chi connectivity index (χ1v) is 8.91. The van der Waals surface area contributed by atoms with Crippen molar-refractivity contribution in [3.63, 3.8) is 0 Å². The van der Waals surface area contributed by atoms with Gasteiger partial charge in [-0.05, 0) is 61.1 Å². The molecule has 0 aliphatic heterocycles. The minimum Gasteiger partial charge on any atom is -0.380 e. The lowest BCUT2D eigenvalue weighted by molar-refractivity contribution is 0.686. The number of aryl methyl sites for hydroxylation is 2. The minimum absolute atomic E-state index is 0.816. The van der Waals surface area contributed by atoms with Crippen molar-refractivity contribution in [1.29, 1.82) is 0 Å². The summed E-state index contributed by atoms with van der Waals surface area (Å²) in [5.41, 5.74) is 5.33. The predicted octanol–water partition coefficient (Wildman–Crippen LogP) is 4.70. The van der Waals surface area contributed by atoms with Crippen molar-refractivity contribution in [2.24, 2.45) is 0 Å². The summed E-state index contributed by atoms with van der Waals surface area (Å²) < 4.78 is 0. The van der Waals surface area contributed by atoms with Crippen LogP contribution in [0.4, 0.5) is 5.69 Å². The van der Waals surface area contributed by atoms with Crippen LogP contribution in [0, 0.1) is 0 Å². The van der Waals surface area contributed by atoms with Gasteiger partial charge >= 0.3 is 0 Å². The molecule has 0 atom stereocenters. The molecule has 0 amide bonds. The number of rotatable bonds is 4. The normalized spacial score (nSPS) is 13.6. The number of anilines is 1. The van der Waals surface area contributed by atoms with Crippen LogP contribution in [-0.4, -0.2) is 9.97 Å². The van der Waals surface area contributed by atoms with Gasteiger partial charge in [-0.1, -0.05) is 6.07 Å². The summed E-state index contributed by atoms with van der Waals surface area (Å²) in [6.07, 6.45) is 10.7. The zero-order chi connectivity index (χ0) is 15.5.